The molecular weight excluding hydrogens is 645 g/mol. The molecule has 0 radical (unpaired) electrons. The van der Waals surface area contributed by atoms with Gasteiger partial charge in [-0.25, -0.2) is 4.98 Å². The number of para-hydroxylation sites is 3. The van der Waals surface area contributed by atoms with Crippen LogP contribution in [-0.2, 0) is 0 Å². The minimum absolute atomic E-state index is 0.922. The van der Waals surface area contributed by atoms with Gasteiger partial charge in [-0.05, 0) is 83.9 Å². The summed E-state index contributed by atoms with van der Waals surface area (Å²) in [6.07, 6.45) is 2.10. The van der Waals surface area contributed by atoms with Crippen molar-refractivity contribution < 1.29 is 0 Å². The van der Waals surface area contributed by atoms with Crippen LogP contribution in [-0.4, -0.2) is 14.0 Å². The van der Waals surface area contributed by atoms with Gasteiger partial charge in [-0.1, -0.05) is 127 Å². The van der Waals surface area contributed by atoms with E-state index in [9.17, 15) is 0 Å². The number of benzene rings is 7. The van der Waals surface area contributed by atoms with E-state index in [1.165, 1.54) is 32.9 Å². The highest BCUT2D eigenvalue weighted by Gasteiger charge is 2.19. The molecule has 10 aromatic rings. The predicted molar refractivity (Wildman–Crippen MR) is 221 cm³/mol. The van der Waals surface area contributed by atoms with E-state index in [-0.39, 0.29) is 0 Å². The molecule has 0 saturated carbocycles. The summed E-state index contributed by atoms with van der Waals surface area (Å²) < 4.78 is 4.55. The highest BCUT2D eigenvalue weighted by atomic mass is 15.1. The van der Waals surface area contributed by atoms with Gasteiger partial charge in [0.1, 0.15) is 5.65 Å². The maximum Gasteiger partial charge on any atom is 0.137 e. The minimum Gasteiger partial charge on any atom is -0.310 e. The molecule has 3 heterocycles. The first kappa shape index (κ1) is 30.6. The molecule has 7 aromatic carbocycles. The molecule has 0 fully saturated rings. The summed E-state index contributed by atoms with van der Waals surface area (Å²) in [5, 5.41) is 2.54. The van der Waals surface area contributed by atoms with Crippen LogP contribution in [0.25, 0.3) is 66.8 Å². The summed E-state index contributed by atoms with van der Waals surface area (Å²) in [6, 6.07) is 71.1. The smallest absolute Gasteiger partial charge is 0.137 e. The third-order valence-electron chi connectivity index (χ3n) is 10.1. The van der Waals surface area contributed by atoms with E-state index in [1.807, 2.05) is 12.1 Å². The average molecular weight is 679 g/mol. The van der Waals surface area contributed by atoms with Crippen molar-refractivity contribution in [3.63, 3.8) is 0 Å². The lowest BCUT2D eigenvalue weighted by Gasteiger charge is -2.26. The molecule has 0 spiro atoms. The summed E-state index contributed by atoms with van der Waals surface area (Å²) in [5.41, 5.74) is 14.3. The summed E-state index contributed by atoms with van der Waals surface area (Å²) in [4.78, 5) is 7.41. The van der Waals surface area contributed by atoms with Crippen LogP contribution in [0.15, 0.2) is 206 Å². The molecule has 10 rings (SSSR count). The number of nitrogens with zero attached hydrogens (tertiary/aromatic N) is 4. The molecule has 4 heteroatoms. The average Bonchev–Trinajstić information content (AvgIpc) is 3.79. The summed E-state index contributed by atoms with van der Waals surface area (Å²) in [5.74, 6) is 0. The zero-order chi connectivity index (χ0) is 35.1. The van der Waals surface area contributed by atoms with Gasteiger partial charge in [-0.15, -0.1) is 0 Å². The summed E-state index contributed by atoms with van der Waals surface area (Å²) in [7, 11) is 0. The van der Waals surface area contributed by atoms with Gasteiger partial charge in [0, 0.05) is 50.8 Å². The Kier molecular flexibility index (Phi) is 7.43. The van der Waals surface area contributed by atoms with Crippen LogP contribution in [0.5, 0.6) is 0 Å². The second kappa shape index (κ2) is 12.9. The third kappa shape index (κ3) is 5.36. The number of fused-ring (bicyclic) bond motifs is 4. The highest BCUT2D eigenvalue weighted by molar-refractivity contribution is 6.09. The first-order valence-electron chi connectivity index (χ1n) is 18.0. The summed E-state index contributed by atoms with van der Waals surface area (Å²) in [6.45, 7) is 0. The maximum atomic E-state index is 5.08. The number of hydrogen-bond acceptors (Lipinski definition) is 2. The van der Waals surface area contributed by atoms with Crippen molar-refractivity contribution in [1.82, 2.24) is 14.0 Å². The quantitative estimate of drug-likeness (QED) is 0.168. The second-order valence-electron chi connectivity index (χ2n) is 13.3. The lowest BCUT2D eigenvalue weighted by Crippen LogP contribution is -2.10. The van der Waals surface area contributed by atoms with E-state index in [0.29, 0.717) is 0 Å². The van der Waals surface area contributed by atoms with Gasteiger partial charge in [0.25, 0.3) is 0 Å². The monoisotopic (exact) mass is 678 g/mol. The van der Waals surface area contributed by atoms with Gasteiger partial charge in [-0.3, -0.25) is 4.40 Å². The van der Waals surface area contributed by atoms with E-state index < -0.39 is 0 Å². The predicted octanol–water partition coefficient (Wildman–Crippen LogP) is 12.9. The van der Waals surface area contributed by atoms with Crippen LogP contribution < -0.4 is 4.90 Å². The van der Waals surface area contributed by atoms with Crippen LogP contribution in [0.3, 0.4) is 0 Å². The number of rotatable bonds is 7. The van der Waals surface area contributed by atoms with E-state index in [4.69, 9.17) is 4.98 Å². The Balaban J connectivity index is 1.02. The number of pyridine rings is 1. The largest absolute Gasteiger partial charge is 0.310 e. The second-order valence-corrected chi connectivity index (χ2v) is 13.3. The number of imidazole rings is 1. The maximum absolute atomic E-state index is 5.08. The van der Waals surface area contributed by atoms with Crippen molar-refractivity contribution in [2.45, 2.75) is 0 Å². The SMILES string of the molecule is c1ccc(-c2nc3ccccn3c2-c2cccc(N(c3ccccc3)c3ccc(-c4ccc(-n5c6ccccc6c6ccccc65)cc4)cc3)c2)cc1. The van der Waals surface area contributed by atoms with Crippen molar-refractivity contribution >= 4 is 44.5 Å². The van der Waals surface area contributed by atoms with E-state index >= 15 is 0 Å². The molecule has 0 amide bonds. The van der Waals surface area contributed by atoms with E-state index in [2.05, 4.69) is 208 Å². The molecule has 0 bridgehead atoms. The van der Waals surface area contributed by atoms with Gasteiger partial charge in [0.15, 0.2) is 0 Å². The van der Waals surface area contributed by atoms with Gasteiger partial charge in [0.2, 0.25) is 0 Å². The topological polar surface area (TPSA) is 25.5 Å². The normalized spacial score (nSPS) is 11.4. The van der Waals surface area contributed by atoms with Crippen molar-refractivity contribution in [1.29, 1.82) is 0 Å². The standard InChI is InChI=1S/C49H34N4/c1-3-14-37(15-4-1)48-49(51-33-12-11-24-47(51)50-48)38-16-13-19-42(34-38)52(39-17-5-2-6-18-39)40-29-25-35(26-30-40)36-27-31-41(32-28-36)53-45-22-9-7-20-43(45)44-21-8-10-23-46(44)53/h1-34H. The molecule has 3 aromatic heterocycles. The Morgan fingerprint density at radius 2 is 0.943 bits per heavy atom. The number of aromatic nitrogens is 3. The number of hydrogen-bond donors (Lipinski definition) is 0. The first-order valence-corrected chi connectivity index (χ1v) is 18.0. The molecule has 0 N–H and O–H groups in total. The molecule has 0 atom stereocenters. The molecule has 0 saturated heterocycles. The van der Waals surface area contributed by atoms with Gasteiger partial charge in [0.05, 0.1) is 22.4 Å². The summed E-state index contributed by atoms with van der Waals surface area (Å²) >= 11 is 0. The zero-order valence-electron chi connectivity index (χ0n) is 28.9. The Morgan fingerprint density at radius 3 is 1.64 bits per heavy atom. The molecule has 0 unspecified atom stereocenters. The Labute approximate surface area is 308 Å². The van der Waals surface area contributed by atoms with Crippen LogP contribution in [0.4, 0.5) is 17.1 Å². The molecule has 4 nitrogen and oxygen atoms in total. The Bertz CT molecular complexity index is 2810. The van der Waals surface area contributed by atoms with Crippen LogP contribution in [0, 0.1) is 0 Å². The first-order chi connectivity index (χ1) is 26.3. The molecule has 250 valence electrons. The lowest BCUT2D eigenvalue weighted by atomic mass is 10.0. The molecule has 0 aliphatic carbocycles. The van der Waals surface area contributed by atoms with Crippen LogP contribution in [0.1, 0.15) is 0 Å². The molecule has 53 heavy (non-hydrogen) atoms. The lowest BCUT2D eigenvalue weighted by molar-refractivity contribution is 1.18. The van der Waals surface area contributed by atoms with Crippen LogP contribution >= 0.6 is 0 Å². The number of anilines is 3. The van der Waals surface area contributed by atoms with Gasteiger partial charge >= 0.3 is 0 Å². The molecule has 0 aliphatic rings. The van der Waals surface area contributed by atoms with Crippen molar-refractivity contribution in [3.8, 4) is 39.3 Å². The van der Waals surface area contributed by atoms with Crippen LogP contribution in [0.2, 0.25) is 0 Å². The third-order valence-corrected chi connectivity index (χ3v) is 10.1. The van der Waals surface area contributed by atoms with Crippen molar-refractivity contribution in [2.75, 3.05) is 4.90 Å². The van der Waals surface area contributed by atoms with Crippen molar-refractivity contribution in [2.24, 2.45) is 0 Å². The minimum atomic E-state index is 0.922. The Morgan fingerprint density at radius 1 is 0.396 bits per heavy atom. The highest BCUT2D eigenvalue weighted by Crippen LogP contribution is 2.40. The fourth-order valence-corrected chi connectivity index (χ4v) is 7.69. The van der Waals surface area contributed by atoms with Crippen molar-refractivity contribution in [3.05, 3.63) is 206 Å². The molecular formula is C49H34N4. The van der Waals surface area contributed by atoms with E-state index in [0.717, 1.165) is 50.9 Å². The fourth-order valence-electron chi connectivity index (χ4n) is 7.69. The molecule has 0 aliphatic heterocycles. The fraction of sp³-hybridized carbons (Fsp3) is 0. The zero-order valence-corrected chi connectivity index (χ0v) is 28.9. The van der Waals surface area contributed by atoms with E-state index in [1.54, 1.807) is 0 Å². The van der Waals surface area contributed by atoms with Gasteiger partial charge < -0.3 is 9.47 Å². The van der Waals surface area contributed by atoms with Gasteiger partial charge in [-0.2, -0.15) is 0 Å². The Hall–Kier alpha value is -7.17.